The van der Waals surface area contributed by atoms with E-state index in [9.17, 15) is 4.79 Å². The van der Waals surface area contributed by atoms with E-state index in [0.29, 0.717) is 11.4 Å². The third kappa shape index (κ3) is 3.11. The van der Waals surface area contributed by atoms with Crippen LogP contribution in [0.3, 0.4) is 0 Å². The van der Waals surface area contributed by atoms with Gasteiger partial charge in [0, 0.05) is 29.0 Å². The molecule has 0 atom stereocenters. The maximum Gasteiger partial charge on any atom is 0.275 e. The standard InChI is InChI=1S/C15H12N4OS/c1-10-8-18-13(9-17-10)14(20)19-12-4-2-11(3-5-12)15-16-6-7-21-15/h2-9H,1H3,(H,19,20). The average molecular weight is 296 g/mol. The molecule has 0 radical (unpaired) electrons. The Morgan fingerprint density at radius 2 is 1.90 bits per heavy atom. The van der Waals surface area contributed by atoms with Gasteiger partial charge in [-0.25, -0.2) is 9.97 Å². The summed E-state index contributed by atoms with van der Waals surface area (Å²) in [5.41, 5.74) is 2.81. The third-order valence-electron chi connectivity index (χ3n) is 2.84. The highest BCUT2D eigenvalue weighted by molar-refractivity contribution is 7.13. The van der Waals surface area contributed by atoms with E-state index in [-0.39, 0.29) is 5.91 Å². The molecule has 0 unspecified atom stereocenters. The minimum Gasteiger partial charge on any atom is -0.321 e. The van der Waals surface area contributed by atoms with Crippen LogP contribution in [0.1, 0.15) is 16.2 Å². The van der Waals surface area contributed by atoms with Crippen molar-refractivity contribution in [3.63, 3.8) is 0 Å². The zero-order chi connectivity index (χ0) is 14.7. The molecule has 0 fully saturated rings. The van der Waals surface area contributed by atoms with Crippen molar-refractivity contribution >= 4 is 22.9 Å². The van der Waals surface area contributed by atoms with E-state index in [1.807, 2.05) is 36.6 Å². The molecule has 0 saturated carbocycles. The number of aryl methyl sites for hydroxylation is 1. The van der Waals surface area contributed by atoms with Crippen molar-refractivity contribution in [2.75, 3.05) is 5.32 Å². The van der Waals surface area contributed by atoms with E-state index in [2.05, 4.69) is 20.3 Å². The summed E-state index contributed by atoms with van der Waals surface area (Å²) in [5, 5.41) is 5.68. The highest BCUT2D eigenvalue weighted by Gasteiger charge is 2.08. The Balaban J connectivity index is 1.73. The van der Waals surface area contributed by atoms with E-state index >= 15 is 0 Å². The number of rotatable bonds is 3. The molecule has 0 aliphatic carbocycles. The first kappa shape index (κ1) is 13.4. The fraction of sp³-hybridized carbons (Fsp3) is 0.0667. The quantitative estimate of drug-likeness (QED) is 0.806. The molecule has 21 heavy (non-hydrogen) atoms. The molecular formula is C15H12N4OS. The van der Waals surface area contributed by atoms with Crippen LogP contribution in [0.25, 0.3) is 10.6 Å². The second-order valence-corrected chi connectivity index (χ2v) is 5.31. The predicted octanol–water partition coefficient (Wildman–Crippen LogP) is 3.16. The van der Waals surface area contributed by atoms with Crippen LogP contribution in [-0.2, 0) is 0 Å². The Labute approximate surface area is 125 Å². The first-order valence-corrected chi connectivity index (χ1v) is 7.20. The highest BCUT2D eigenvalue weighted by atomic mass is 32.1. The summed E-state index contributed by atoms with van der Waals surface area (Å²) in [4.78, 5) is 24.4. The molecule has 2 aromatic heterocycles. The summed E-state index contributed by atoms with van der Waals surface area (Å²) in [6.45, 7) is 1.83. The Hall–Kier alpha value is -2.60. The van der Waals surface area contributed by atoms with E-state index in [4.69, 9.17) is 0 Å². The van der Waals surface area contributed by atoms with Gasteiger partial charge in [0.05, 0.1) is 11.9 Å². The van der Waals surface area contributed by atoms with E-state index < -0.39 is 0 Å². The van der Waals surface area contributed by atoms with Crippen molar-refractivity contribution < 1.29 is 4.79 Å². The Kier molecular flexibility index (Phi) is 3.70. The minimum atomic E-state index is -0.274. The first-order chi connectivity index (χ1) is 10.2. The van der Waals surface area contributed by atoms with Gasteiger partial charge in [-0.15, -0.1) is 11.3 Å². The summed E-state index contributed by atoms with van der Waals surface area (Å²) < 4.78 is 0. The van der Waals surface area contributed by atoms with Crippen LogP contribution in [0.5, 0.6) is 0 Å². The summed E-state index contributed by atoms with van der Waals surface area (Å²) in [6, 6.07) is 7.54. The van der Waals surface area contributed by atoms with Gasteiger partial charge in [0.2, 0.25) is 0 Å². The summed E-state index contributed by atoms with van der Waals surface area (Å²) in [6.07, 6.45) is 4.81. The molecule has 1 N–H and O–H groups in total. The van der Waals surface area contributed by atoms with Crippen LogP contribution in [0.4, 0.5) is 5.69 Å². The molecule has 3 aromatic rings. The monoisotopic (exact) mass is 296 g/mol. The van der Waals surface area contributed by atoms with Crippen LogP contribution >= 0.6 is 11.3 Å². The van der Waals surface area contributed by atoms with Crippen LogP contribution in [-0.4, -0.2) is 20.9 Å². The normalized spacial score (nSPS) is 10.3. The van der Waals surface area contributed by atoms with Gasteiger partial charge >= 0.3 is 0 Å². The molecule has 0 bridgehead atoms. The predicted molar refractivity (Wildman–Crippen MR) is 82.3 cm³/mol. The lowest BCUT2D eigenvalue weighted by Gasteiger charge is -2.05. The number of aromatic nitrogens is 3. The SMILES string of the molecule is Cc1cnc(C(=O)Nc2ccc(-c3nccs3)cc2)cn1. The maximum absolute atomic E-state index is 12.0. The van der Waals surface area contributed by atoms with Crippen molar-refractivity contribution in [1.29, 1.82) is 0 Å². The van der Waals surface area contributed by atoms with Crippen molar-refractivity contribution in [2.24, 2.45) is 0 Å². The molecule has 3 rings (SSSR count). The smallest absolute Gasteiger partial charge is 0.275 e. The third-order valence-corrected chi connectivity index (χ3v) is 3.66. The average Bonchev–Trinajstić information content (AvgIpc) is 3.03. The molecule has 5 nitrogen and oxygen atoms in total. The molecule has 6 heteroatoms. The van der Waals surface area contributed by atoms with Gasteiger partial charge in [-0.2, -0.15) is 0 Å². The number of amides is 1. The van der Waals surface area contributed by atoms with Crippen molar-refractivity contribution in [2.45, 2.75) is 6.92 Å². The minimum absolute atomic E-state index is 0.274. The van der Waals surface area contributed by atoms with Gasteiger partial charge in [-0.3, -0.25) is 9.78 Å². The summed E-state index contributed by atoms with van der Waals surface area (Å²) >= 11 is 1.58. The van der Waals surface area contributed by atoms with Gasteiger partial charge in [-0.05, 0) is 31.2 Å². The molecule has 0 aliphatic heterocycles. The van der Waals surface area contributed by atoms with Crippen LogP contribution in [0.15, 0.2) is 48.2 Å². The lowest BCUT2D eigenvalue weighted by atomic mass is 10.2. The number of anilines is 1. The molecule has 0 saturated heterocycles. The lowest BCUT2D eigenvalue weighted by molar-refractivity contribution is 0.102. The summed E-state index contributed by atoms with van der Waals surface area (Å²) in [7, 11) is 0. The lowest BCUT2D eigenvalue weighted by Crippen LogP contribution is -2.14. The van der Waals surface area contributed by atoms with Gasteiger partial charge in [0.1, 0.15) is 10.7 Å². The number of carbonyl (C=O) groups excluding carboxylic acids is 1. The largest absolute Gasteiger partial charge is 0.321 e. The number of hydrogen-bond acceptors (Lipinski definition) is 5. The van der Waals surface area contributed by atoms with Crippen molar-refractivity contribution in [3.05, 3.63) is 59.6 Å². The number of hydrogen-bond donors (Lipinski definition) is 1. The van der Waals surface area contributed by atoms with Crippen molar-refractivity contribution in [3.8, 4) is 10.6 Å². The second kappa shape index (κ2) is 5.80. The number of nitrogens with zero attached hydrogens (tertiary/aromatic N) is 3. The van der Waals surface area contributed by atoms with Crippen molar-refractivity contribution in [1.82, 2.24) is 15.0 Å². The molecule has 1 aromatic carbocycles. The number of nitrogens with one attached hydrogen (secondary N) is 1. The summed E-state index contributed by atoms with van der Waals surface area (Å²) in [5.74, 6) is -0.274. The van der Waals surface area contributed by atoms with Crippen LogP contribution < -0.4 is 5.32 Å². The van der Waals surface area contributed by atoms with Gasteiger partial charge in [0.15, 0.2) is 0 Å². The van der Waals surface area contributed by atoms with E-state index in [1.54, 1.807) is 23.7 Å². The van der Waals surface area contributed by atoms with E-state index in [1.165, 1.54) is 6.20 Å². The molecule has 0 spiro atoms. The first-order valence-electron chi connectivity index (χ1n) is 6.32. The fourth-order valence-corrected chi connectivity index (χ4v) is 2.41. The molecular weight excluding hydrogens is 284 g/mol. The molecule has 2 heterocycles. The number of carbonyl (C=O) groups is 1. The van der Waals surface area contributed by atoms with Gasteiger partial charge in [0.25, 0.3) is 5.91 Å². The topological polar surface area (TPSA) is 67.8 Å². The molecule has 1 amide bonds. The zero-order valence-electron chi connectivity index (χ0n) is 11.3. The maximum atomic E-state index is 12.0. The fourth-order valence-electron chi connectivity index (χ4n) is 1.77. The Bertz CT molecular complexity index is 736. The van der Waals surface area contributed by atoms with Gasteiger partial charge < -0.3 is 5.32 Å². The second-order valence-electron chi connectivity index (χ2n) is 4.41. The van der Waals surface area contributed by atoms with Gasteiger partial charge in [-0.1, -0.05) is 0 Å². The zero-order valence-corrected chi connectivity index (χ0v) is 12.1. The van der Waals surface area contributed by atoms with Crippen LogP contribution in [0, 0.1) is 6.92 Å². The Morgan fingerprint density at radius 3 is 2.52 bits per heavy atom. The van der Waals surface area contributed by atoms with Crippen LogP contribution in [0.2, 0.25) is 0 Å². The highest BCUT2D eigenvalue weighted by Crippen LogP contribution is 2.23. The molecule has 0 aliphatic rings. The Morgan fingerprint density at radius 1 is 1.10 bits per heavy atom. The number of benzene rings is 1. The van der Waals surface area contributed by atoms with E-state index in [0.717, 1.165) is 16.3 Å². The molecule has 104 valence electrons. The number of thiazole rings is 1.